The van der Waals surface area contributed by atoms with Gasteiger partial charge in [-0.1, -0.05) is 47.1 Å². The third kappa shape index (κ3) is 2.31. The first kappa shape index (κ1) is 20.1. The lowest BCUT2D eigenvalue weighted by atomic mass is 9.34. The van der Waals surface area contributed by atoms with Crippen LogP contribution in [0.1, 0.15) is 79.6 Å². The van der Waals surface area contributed by atoms with Gasteiger partial charge in [0, 0.05) is 11.0 Å². The zero-order valence-corrected chi connectivity index (χ0v) is 18.7. The second kappa shape index (κ2) is 5.88. The molecule has 0 amide bonds. The molecule has 1 aliphatic heterocycles. The number of aliphatic hydroxyl groups is 2. The summed E-state index contributed by atoms with van der Waals surface area (Å²) in [5, 5.41) is 22.2. The van der Waals surface area contributed by atoms with E-state index in [-0.39, 0.29) is 16.7 Å². The van der Waals surface area contributed by atoms with Gasteiger partial charge in [0.25, 0.3) is 0 Å². The van der Waals surface area contributed by atoms with Gasteiger partial charge < -0.3 is 14.9 Å². The highest BCUT2D eigenvalue weighted by Crippen LogP contribution is 2.73. The minimum atomic E-state index is -1.13. The van der Waals surface area contributed by atoms with Gasteiger partial charge in [-0.2, -0.15) is 0 Å². The van der Waals surface area contributed by atoms with Crippen molar-refractivity contribution >= 4 is 5.97 Å². The first-order chi connectivity index (χ1) is 13.5. The van der Waals surface area contributed by atoms with Crippen molar-refractivity contribution in [3.05, 3.63) is 11.6 Å². The lowest BCUT2D eigenvalue weighted by molar-refractivity contribution is -0.247. The van der Waals surface area contributed by atoms with E-state index < -0.39 is 29.7 Å². The van der Waals surface area contributed by atoms with Gasteiger partial charge in [-0.3, -0.25) is 0 Å². The maximum absolute atomic E-state index is 12.3. The summed E-state index contributed by atoms with van der Waals surface area (Å²) in [6.07, 6.45) is 8.21. The first-order valence-electron chi connectivity index (χ1n) is 11.7. The van der Waals surface area contributed by atoms with Gasteiger partial charge in [0.15, 0.2) is 0 Å². The molecule has 4 fully saturated rings. The van der Waals surface area contributed by atoms with Gasteiger partial charge in [-0.15, -0.1) is 0 Å². The molecule has 162 valence electrons. The molecular formula is C25H38O4. The Bertz CT molecular complexity index is 771. The molecule has 4 heteroatoms. The van der Waals surface area contributed by atoms with Crippen LogP contribution < -0.4 is 0 Å². The summed E-state index contributed by atoms with van der Waals surface area (Å²) in [6.45, 7) is 12.0. The number of cyclic esters (lactones) is 1. The highest BCUT2D eigenvalue weighted by molar-refractivity contribution is 5.91. The zero-order valence-electron chi connectivity index (χ0n) is 18.7. The number of allylic oxidation sites excluding steroid dienone is 1. The van der Waals surface area contributed by atoms with E-state index in [0.717, 1.165) is 12.8 Å². The molecule has 5 aliphatic rings. The van der Waals surface area contributed by atoms with Crippen molar-refractivity contribution in [2.75, 3.05) is 0 Å². The highest BCUT2D eigenvalue weighted by atomic mass is 16.6. The number of hydrogen-bond donors (Lipinski definition) is 2. The van der Waals surface area contributed by atoms with Gasteiger partial charge in [-0.05, 0) is 72.5 Å². The fourth-order valence-corrected chi connectivity index (χ4v) is 9.63. The monoisotopic (exact) mass is 402 g/mol. The molecule has 0 aromatic rings. The molecule has 0 spiro atoms. The summed E-state index contributed by atoms with van der Waals surface area (Å²) in [5.74, 6) is 0.632. The summed E-state index contributed by atoms with van der Waals surface area (Å²) in [4.78, 5) is 12.3. The van der Waals surface area contributed by atoms with E-state index in [4.69, 9.17) is 4.74 Å². The standard InChI is InChI=1S/C25H38O4/c1-22(2)10-6-11-23(3)15(22)9-12-24(4)16-8-7-14-19(21(28)29-20(14)27)25(16,5)18(26)13-17(23)24/h7,15-19,21,26,28H,6,8-13H2,1-5H3/t15?,16?,17?,18-,19?,21+,23-,24-,25+/m0/s1. The Balaban J connectivity index is 1.60. The summed E-state index contributed by atoms with van der Waals surface area (Å²) in [6, 6.07) is 0. The van der Waals surface area contributed by atoms with E-state index in [2.05, 4.69) is 34.6 Å². The number of rotatable bonds is 0. The number of hydrogen-bond acceptors (Lipinski definition) is 4. The number of carbonyl (C=O) groups excluding carboxylic acids is 1. The minimum absolute atomic E-state index is 0.111. The van der Waals surface area contributed by atoms with E-state index in [1.54, 1.807) is 0 Å². The average molecular weight is 403 g/mol. The summed E-state index contributed by atoms with van der Waals surface area (Å²) < 4.78 is 5.21. The normalized spacial score (nSPS) is 55.7. The Morgan fingerprint density at radius 1 is 0.966 bits per heavy atom. The second-order valence-electron chi connectivity index (χ2n) is 12.3. The zero-order chi connectivity index (χ0) is 21.0. The Labute approximate surface area is 175 Å². The van der Waals surface area contributed by atoms with Gasteiger partial charge >= 0.3 is 5.97 Å². The molecule has 2 N–H and O–H groups in total. The molecule has 29 heavy (non-hydrogen) atoms. The lowest BCUT2D eigenvalue weighted by Gasteiger charge is -2.70. The highest BCUT2D eigenvalue weighted by Gasteiger charge is 2.70. The molecule has 5 rings (SSSR count). The maximum Gasteiger partial charge on any atom is 0.336 e. The van der Waals surface area contributed by atoms with Crippen LogP contribution in [-0.4, -0.2) is 28.6 Å². The summed E-state index contributed by atoms with van der Waals surface area (Å²) in [7, 11) is 0. The molecule has 3 saturated carbocycles. The molecule has 4 nitrogen and oxygen atoms in total. The molecular weight excluding hydrogens is 364 g/mol. The predicted octanol–water partition coefficient (Wildman–Crippen LogP) is 4.44. The number of esters is 1. The molecule has 1 heterocycles. The molecule has 0 aromatic carbocycles. The Morgan fingerprint density at radius 3 is 2.38 bits per heavy atom. The fraction of sp³-hybridized carbons (Fsp3) is 0.880. The molecule has 0 aromatic heterocycles. The molecule has 1 saturated heterocycles. The summed E-state index contributed by atoms with van der Waals surface area (Å²) in [5.41, 5.74) is 0.799. The van der Waals surface area contributed by atoms with Crippen LogP contribution in [0.2, 0.25) is 0 Å². The van der Waals surface area contributed by atoms with Crippen LogP contribution in [0.4, 0.5) is 0 Å². The third-order valence-electron chi connectivity index (χ3n) is 10.9. The van der Waals surface area contributed by atoms with Gasteiger partial charge in [0.05, 0.1) is 12.0 Å². The molecule has 0 bridgehead atoms. The van der Waals surface area contributed by atoms with Crippen molar-refractivity contribution < 1.29 is 19.7 Å². The van der Waals surface area contributed by atoms with Crippen LogP contribution in [-0.2, 0) is 9.53 Å². The van der Waals surface area contributed by atoms with Crippen molar-refractivity contribution in [2.45, 2.75) is 92.0 Å². The fourth-order valence-electron chi connectivity index (χ4n) is 9.63. The largest absolute Gasteiger partial charge is 0.432 e. The average Bonchev–Trinajstić information content (AvgIpc) is 2.91. The quantitative estimate of drug-likeness (QED) is 0.588. The summed E-state index contributed by atoms with van der Waals surface area (Å²) >= 11 is 0. The van der Waals surface area contributed by atoms with Crippen molar-refractivity contribution in [3.8, 4) is 0 Å². The molecule has 4 unspecified atom stereocenters. The van der Waals surface area contributed by atoms with Crippen LogP contribution >= 0.6 is 0 Å². The van der Waals surface area contributed by atoms with Crippen molar-refractivity contribution in [1.82, 2.24) is 0 Å². The van der Waals surface area contributed by atoms with Gasteiger partial charge in [-0.25, -0.2) is 4.79 Å². The van der Waals surface area contributed by atoms with Crippen LogP contribution in [0.5, 0.6) is 0 Å². The van der Waals surface area contributed by atoms with Crippen molar-refractivity contribution in [1.29, 1.82) is 0 Å². The topological polar surface area (TPSA) is 66.8 Å². The van der Waals surface area contributed by atoms with Crippen LogP contribution in [0.25, 0.3) is 0 Å². The Morgan fingerprint density at radius 2 is 1.66 bits per heavy atom. The smallest absolute Gasteiger partial charge is 0.336 e. The van der Waals surface area contributed by atoms with Crippen molar-refractivity contribution in [2.24, 2.45) is 45.3 Å². The lowest BCUT2D eigenvalue weighted by Crippen LogP contribution is -2.66. The molecule has 4 aliphatic carbocycles. The van der Waals surface area contributed by atoms with E-state index in [0.29, 0.717) is 22.8 Å². The number of ether oxygens (including phenoxy) is 1. The Hall–Kier alpha value is -0.870. The number of fused-ring (bicyclic) bond motifs is 7. The van der Waals surface area contributed by atoms with E-state index in [1.165, 1.54) is 32.1 Å². The van der Waals surface area contributed by atoms with Crippen LogP contribution in [0.3, 0.4) is 0 Å². The molecule has 0 radical (unpaired) electrons. The van der Waals surface area contributed by atoms with E-state index >= 15 is 0 Å². The van der Waals surface area contributed by atoms with Gasteiger partial charge in [0.2, 0.25) is 6.29 Å². The maximum atomic E-state index is 12.3. The predicted molar refractivity (Wildman–Crippen MR) is 111 cm³/mol. The number of carbonyl (C=O) groups is 1. The van der Waals surface area contributed by atoms with Crippen LogP contribution in [0.15, 0.2) is 11.6 Å². The van der Waals surface area contributed by atoms with Crippen molar-refractivity contribution in [3.63, 3.8) is 0 Å². The van der Waals surface area contributed by atoms with E-state index in [1.807, 2.05) is 6.08 Å². The van der Waals surface area contributed by atoms with Crippen LogP contribution in [0, 0.1) is 45.3 Å². The third-order valence-corrected chi connectivity index (χ3v) is 10.9. The van der Waals surface area contributed by atoms with E-state index in [9.17, 15) is 15.0 Å². The van der Waals surface area contributed by atoms with Gasteiger partial charge in [0.1, 0.15) is 0 Å². The first-order valence-corrected chi connectivity index (χ1v) is 11.7. The SMILES string of the molecule is CC1(C)CCC[C@@]2(C)C1CC[C@]1(C)C2C[C@H](O)[C@]2(C)C3C(=CCC12)C(=O)O[C@H]3O. The number of aliphatic hydroxyl groups excluding tert-OH is 2. The minimum Gasteiger partial charge on any atom is -0.432 e. The molecule has 9 atom stereocenters. The second-order valence-corrected chi connectivity index (χ2v) is 12.3. The Kier molecular flexibility index (Phi) is 4.07.